The van der Waals surface area contributed by atoms with Gasteiger partial charge in [0.15, 0.2) is 5.01 Å². The molecule has 1 atom stereocenters. The smallest absolute Gasteiger partial charge is 0.282 e. The van der Waals surface area contributed by atoms with E-state index in [0.29, 0.717) is 5.01 Å². The van der Waals surface area contributed by atoms with Gasteiger partial charge in [0, 0.05) is 18.5 Å². The highest BCUT2D eigenvalue weighted by Crippen LogP contribution is 2.18. The van der Waals surface area contributed by atoms with Gasteiger partial charge in [-0.2, -0.15) is 0 Å². The summed E-state index contributed by atoms with van der Waals surface area (Å²) in [7, 11) is 0. The van der Waals surface area contributed by atoms with E-state index in [4.69, 9.17) is 0 Å². The molecule has 5 nitrogen and oxygen atoms in total. The van der Waals surface area contributed by atoms with Gasteiger partial charge in [-0.1, -0.05) is 12.1 Å². The van der Waals surface area contributed by atoms with E-state index in [1.54, 1.807) is 22.4 Å². The molecule has 0 aliphatic carbocycles. The molecule has 1 aliphatic rings. The van der Waals surface area contributed by atoms with Crippen LogP contribution >= 0.6 is 11.3 Å². The number of likely N-dealkylation sites (tertiary alicyclic amines) is 1. The third-order valence-electron chi connectivity index (χ3n) is 4.03. The molecule has 7 heteroatoms. The zero-order chi connectivity index (χ0) is 17.1. The van der Waals surface area contributed by atoms with Crippen molar-refractivity contribution < 1.29 is 14.0 Å². The Morgan fingerprint density at radius 3 is 2.58 bits per heavy atom. The van der Waals surface area contributed by atoms with E-state index in [0.717, 1.165) is 31.5 Å². The van der Waals surface area contributed by atoms with Gasteiger partial charge in [-0.25, -0.2) is 9.37 Å². The Morgan fingerprint density at radius 2 is 1.92 bits per heavy atom. The van der Waals surface area contributed by atoms with Crippen molar-refractivity contribution in [1.82, 2.24) is 15.2 Å². The lowest BCUT2D eigenvalue weighted by molar-refractivity contribution is 0.0792. The molecule has 1 aromatic heterocycles. The monoisotopic (exact) mass is 347 g/mol. The first kappa shape index (κ1) is 16.6. The number of benzene rings is 1. The van der Waals surface area contributed by atoms with Crippen molar-refractivity contribution >= 4 is 23.2 Å². The third kappa shape index (κ3) is 3.62. The van der Waals surface area contributed by atoms with Crippen LogP contribution in [0, 0.1) is 5.82 Å². The molecular formula is C17H18FN3O2S. The Labute approximate surface area is 143 Å². The van der Waals surface area contributed by atoms with Crippen LogP contribution in [0.15, 0.2) is 29.6 Å². The highest BCUT2D eigenvalue weighted by molar-refractivity contribution is 7.11. The van der Waals surface area contributed by atoms with Crippen LogP contribution < -0.4 is 5.32 Å². The fraction of sp³-hybridized carbons (Fsp3) is 0.353. The predicted octanol–water partition coefficient (Wildman–Crippen LogP) is 3.01. The summed E-state index contributed by atoms with van der Waals surface area (Å²) in [6.07, 6.45) is 2.03. The lowest BCUT2D eigenvalue weighted by Gasteiger charge is -2.13. The van der Waals surface area contributed by atoms with Crippen molar-refractivity contribution in [2.75, 3.05) is 13.1 Å². The number of carbonyl (C=O) groups excluding carboxylic acids is 2. The summed E-state index contributed by atoms with van der Waals surface area (Å²) in [6, 6.07) is 5.69. The molecule has 2 amide bonds. The van der Waals surface area contributed by atoms with E-state index in [-0.39, 0.29) is 29.4 Å². The second-order valence-electron chi connectivity index (χ2n) is 5.78. The van der Waals surface area contributed by atoms with Gasteiger partial charge >= 0.3 is 0 Å². The van der Waals surface area contributed by atoms with Crippen molar-refractivity contribution in [2.24, 2.45) is 0 Å². The van der Waals surface area contributed by atoms with Crippen molar-refractivity contribution in [1.29, 1.82) is 0 Å². The van der Waals surface area contributed by atoms with E-state index in [1.165, 1.54) is 23.5 Å². The third-order valence-corrected chi connectivity index (χ3v) is 4.86. The van der Waals surface area contributed by atoms with Crippen LogP contribution in [0.3, 0.4) is 0 Å². The Morgan fingerprint density at radius 1 is 1.25 bits per heavy atom. The van der Waals surface area contributed by atoms with Crippen LogP contribution in [0.1, 0.15) is 51.7 Å². The van der Waals surface area contributed by atoms with Crippen LogP contribution in [0.25, 0.3) is 0 Å². The molecule has 2 heterocycles. The van der Waals surface area contributed by atoms with Gasteiger partial charge in [-0.15, -0.1) is 11.3 Å². The number of aromatic nitrogens is 1. The van der Waals surface area contributed by atoms with Crippen LogP contribution in [0.4, 0.5) is 4.39 Å². The van der Waals surface area contributed by atoms with Gasteiger partial charge in [0.05, 0.1) is 6.04 Å². The summed E-state index contributed by atoms with van der Waals surface area (Å²) in [6.45, 7) is 3.32. The standard InChI is InChI=1S/C17H18FN3O2S/c1-11(12-4-6-13(18)7-5-12)19-15(22)14-10-24-16(20-14)17(23)21-8-2-3-9-21/h4-7,10-11H,2-3,8-9H2,1H3,(H,19,22)/t11-/m0/s1. The average molecular weight is 347 g/mol. The van der Waals surface area contributed by atoms with Crippen molar-refractivity contribution in [3.8, 4) is 0 Å². The van der Waals surface area contributed by atoms with Gasteiger partial charge in [0.2, 0.25) is 0 Å². The van der Waals surface area contributed by atoms with Gasteiger partial charge in [0.1, 0.15) is 11.5 Å². The average Bonchev–Trinajstić information content (AvgIpc) is 3.26. The van der Waals surface area contributed by atoms with Crippen molar-refractivity contribution in [3.05, 3.63) is 51.7 Å². The van der Waals surface area contributed by atoms with Crippen LogP contribution in [-0.4, -0.2) is 34.8 Å². The first-order valence-electron chi connectivity index (χ1n) is 7.86. The molecule has 1 aromatic carbocycles. The van der Waals surface area contributed by atoms with Gasteiger partial charge in [-0.05, 0) is 37.5 Å². The molecule has 1 fully saturated rings. The molecule has 1 saturated heterocycles. The summed E-state index contributed by atoms with van der Waals surface area (Å²) >= 11 is 1.18. The number of hydrogen-bond acceptors (Lipinski definition) is 4. The van der Waals surface area contributed by atoms with E-state index in [1.807, 2.05) is 6.92 Å². The minimum Gasteiger partial charge on any atom is -0.344 e. The minimum absolute atomic E-state index is 0.108. The number of carbonyl (C=O) groups is 2. The zero-order valence-corrected chi connectivity index (χ0v) is 14.1. The molecule has 3 rings (SSSR count). The number of nitrogens with one attached hydrogen (secondary N) is 1. The molecule has 1 N–H and O–H groups in total. The highest BCUT2D eigenvalue weighted by Gasteiger charge is 2.23. The number of halogens is 1. The molecule has 0 radical (unpaired) electrons. The lowest BCUT2D eigenvalue weighted by Crippen LogP contribution is -2.29. The molecule has 24 heavy (non-hydrogen) atoms. The predicted molar refractivity (Wildman–Crippen MR) is 89.5 cm³/mol. The maximum absolute atomic E-state index is 13.0. The van der Waals surface area contributed by atoms with Gasteiger partial charge in [-0.3, -0.25) is 9.59 Å². The summed E-state index contributed by atoms with van der Waals surface area (Å²) < 4.78 is 13.0. The topological polar surface area (TPSA) is 62.3 Å². The normalized spacial score (nSPS) is 15.3. The summed E-state index contributed by atoms with van der Waals surface area (Å²) in [5.41, 5.74) is 1.03. The Hall–Kier alpha value is -2.28. The largest absolute Gasteiger partial charge is 0.344 e. The molecule has 126 valence electrons. The fourth-order valence-electron chi connectivity index (χ4n) is 2.64. The zero-order valence-electron chi connectivity index (χ0n) is 13.3. The maximum atomic E-state index is 13.0. The highest BCUT2D eigenvalue weighted by atomic mass is 32.1. The van der Waals surface area contributed by atoms with E-state index >= 15 is 0 Å². The molecule has 2 aromatic rings. The van der Waals surface area contributed by atoms with E-state index in [9.17, 15) is 14.0 Å². The first-order valence-corrected chi connectivity index (χ1v) is 8.73. The SMILES string of the molecule is C[C@H](NC(=O)c1csc(C(=O)N2CCCC2)n1)c1ccc(F)cc1. The maximum Gasteiger partial charge on any atom is 0.282 e. The fourth-order valence-corrected chi connectivity index (χ4v) is 3.40. The second-order valence-corrected chi connectivity index (χ2v) is 6.64. The summed E-state index contributed by atoms with van der Waals surface area (Å²) in [5.74, 6) is -0.770. The first-order chi connectivity index (χ1) is 11.5. The molecule has 0 saturated carbocycles. The number of thiazole rings is 1. The van der Waals surface area contributed by atoms with Gasteiger partial charge in [0.25, 0.3) is 11.8 Å². The summed E-state index contributed by atoms with van der Waals surface area (Å²) in [5, 5.41) is 4.75. The second kappa shape index (κ2) is 7.09. The number of hydrogen-bond donors (Lipinski definition) is 1. The minimum atomic E-state index is -0.344. The van der Waals surface area contributed by atoms with Crippen LogP contribution in [0.5, 0.6) is 0 Å². The number of rotatable bonds is 4. The Bertz CT molecular complexity index is 739. The molecular weight excluding hydrogens is 329 g/mol. The van der Waals surface area contributed by atoms with Crippen molar-refractivity contribution in [2.45, 2.75) is 25.8 Å². The number of nitrogens with zero attached hydrogens (tertiary/aromatic N) is 2. The van der Waals surface area contributed by atoms with E-state index < -0.39 is 0 Å². The van der Waals surface area contributed by atoms with E-state index in [2.05, 4.69) is 10.3 Å². The molecule has 0 spiro atoms. The molecule has 0 unspecified atom stereocenters. The Balaban J connectivity index is 1.65. The number of amides is 2. The van der Waals surface area contributed by atoms with Crippen LogP contribution in [-0.2, 0) is 0 Å². The van der Waals surface area contributed by atoms with Gasteiger partial charge < -0.3 is 10.2 Å². The molecule has 0 bridgehead atoms. The quantitative estimate of drug-likeness (QED) is 0.925. The summed E-state index contributed by atoms with van der Waals surface area (Å²) in [4.78, 5) is 30.5. The molecule has 1 aliphatic heterocycles. The van der Waals surface area contributed by atoms with Crippen molar-refractivity contribution in [3.63, 3.8) is 0 Å². The lowest BCUT2D eigenvalue weighted by atomic mass is 10.1. The van der Waals surface area contributed by atoms with Crippen LogP contribution in [0.2, 0.25) is 0 Å². The Kier molecular flexibility index (Phi) is 4.89.